The van der Waals surface area contributed by atoms with Crippen LogP contribution in [0.3, 0.4) is 0 Å². The van der Waals surface area contributed by atoms with Crippen LogP contribution in [0.2, 0.25) is 0 Å². The number of hydrogen-bond acceptors (Lipinski definition) is 2. The zero-order chi connectivity index (χ0) is 16.3. The Labute approximate surface area is 157 Å². The number of hydrogen-bond donors (Lipinski definition) is 0. The maximum absolute atomic E-state index is 4.18. The van der Waals surface area contributed by atoms with Crippen LogP contribution in [0.15, 0.2) is 85.2 Å². The molecule has 4 aromatic rings. The van der Waals surface area contributed by atoms with Gasteiger partial charge in [0.2, 0.25) is 0 Å². The second kappa shape index (κ2) is 10.6. The maximum atomic E-state index is 4.18. The van der Waals surface area contributed by atoms with E-state index < -0.39 is 0 Å². The third-order valence-electron chi connectivity index (χ3n) is 3.02. The molecule has 0 unspecified atom stereocenters. The number of fused-ring (bicyclic) bond motifs is 2. The zero-order valence-corrected chi connectivity index (χ0v) is 16.8. The van der Waals surface area contributed by atoms with Gasteiger partial charge in [-0.2, -0.15) is 0 Å². The van der Waals surface area contributed by atoms with E-state index in [2.05, 4.69) is 61.1 Å². The molecule has 0 saturated heterocycles. The topological polar surface area (TPSA) is 25.8 Å². The van der Waals surface area contributed by atoms with E-state index in [1.807, 2.05) is 60.9 Å². The summed E-state index contributed by atoms with van der Waals surface area (Å²) < 4.78 is 0. The van der Waals surface area contributed by atoms with Crippen LogP contribution in [0.25, 0.3) is 21.8 Å². The van der Waals surface area contributed by atoms with Crippen molar-refractivity contribution in [3.8, 4) is 0 Å². The molecule has 2 aromatic heterocycles. The summed E-state index contributed by atoms with van der Waals surface area (Å²) in [5.74, 6) is 0. The first kappa shape index (κ1) is 18.2. The summed E-state index contributed by atoms with van der Waals surface area (Å²) in [6.07, 6.45) is 3.62. The van der Waals surface area contributed by atoms with Crippen LogP contribution in [-0.2, 0) is 13.9 Å². The van der Waals surface area contributed by atoms with Crippen molar-refractivity contribution in [3.05, 3.63) is 85.2 Å². The fourth-order valence-electron chi connectivity index (χ4n) is 2.03. The first-order valence-corrected chi connectivity index (χ1v) is 13.9. The largest absolute Gasteiger partial charge is 0.256 e. The summed E-state index contributed by atoms with van der Waals surface area (Å²) in [5.41, 5.74) is 2.12. The monoisotopic (exact) mass is 522 g/mol. The molecule has 0 aliphatic heterocycles. The van der Waals surface area contributed by atoms with Crippen molar-refractivity contribution < 1.29 is 13.9 Å². The first-order valence-electron chi connectivity index (χ1n) is 6.77. The zero-order valence-electron chi connectivity index (χ0n) is 12.0. The number of benzene rings is 2. The Balaban J connectivity index is 0.000000143. The molecule has 5 heteroatoms. The number of halogens is 2. The number of rotatable bonds is 0. The maximum Gasteiger partial charge on any atom is 0.0701 e. The van der Waals surface area contributed by atoms with E-state index >= 15 is 0 Å². The molecular formula is C18H14Br2N2Pd. The molecule has 2 heterocycles. The number of para-hydroxylation sites is 2. The van der Waals surface area contributed by atoms with E-state index in [4.69, 9.17) is 0 Å². The molecule has 0 aliphatic rings. The predicted octanol–water partition coefficient (Wildman–Crippen LogP) is 6.16. The van der Waals surface area contributed by atoms with E-state index in [-0.39, 0.29) is 0 Å². The van der Waals surface area contributed by atoms with Crippen molar-refractivity contribution in [1.29, 1.82) is 0 Å². The average Bonchev–Trinajstić information content (AvgIpc) is 2.63. The van der Waals surface area contributed by atoms with Crippen LogP contribution in [0.5, 0.6) is 0 Å². The molecule has 0 atom stereocenters. The summed E-state index contributed by atoms with van der Waals surface area (Å²) >= 11 is 6.80. The van der Waals surface area contributed by atoms with Crippen LogP contribution in [0.4, 0.5) is 0 Å². The minimum atomic E-state index is 0.575. The molecule has 0 bridgehead atoms. The molecule has 4 rings (SSSR count). The second-order valence-electron chi connectivity index (χ2n) is 4.44. The predicted molar refractivity (Wildman–Crippen MR) is 101 cm³/mol. The Morgan fingerprint density at radius 3 is 1.30 bits per heavy atom. The minimum Gasteiger partial charge on any atom is -0.256 e. The Hall–Kier alpha value is -1.12. The van der Waals surface area contributed by atoms with Gasteiger partial charge in [-0.1, -0.05) is 48.5 Å². The Kier molecular flexibility index (Phi) is 8.41. The second-order valence-corrected chi connectivity index (χ2v) is 11.6. The Morgan fingerprint density at radius 1 is 0.565 bits per heavy atom. The third-order valence-corrected chi connectivity index (χ3v) is 3.02. The van der Waals surface area contributed by atoms with Gasteiger partial charge in [0.15, 0.2) is 0 Å². The van der Waals surface area contributed by atoms with Gasteiger partial charge in [0, 0.05) is 23.2 Å². The molecule has 2 aromatic carbocycles. The van der Waals surface area contributed by atoms with Gasteiger partial charge in [0.25, 0.3) is 0 Å². The average molecular weight is 525 g/mol. The normalized spacial score (nSPS) is 9.65. The van der Waals surface area contributed by atoms with Gasteiger partial charge >= 0.3 is 40.8 Å². The SMILES string of the molecule is [Br][Pd][Br].c1ccc2ncccc2c1.c1ccc2ncccc2c1. The van der Waals surface area contributed by atoms with Gasteiger partial charge in [-0.25, -0.2) is 0 Å². The summed E-state index contributed by atoms with van der Waals surface area (Å²) in [7, 11) is 0. The van der Waals surface area contributed by atoms with Gasteiger partial charge in [-0.05, 0) is 24.3 Å². The minimum absolute atomic E-state index is 0.575. The molecule has 0 fully saturated rings. The van der Waals surface area contributed by atoms with Gasteiger partial charge in [0.05, 0.1) is 11.0 Å². The molecular weight excluding hydrogens is 510 g/mol. The van der Waals surface area contributed by atoms with E-state index in [1.165, 1.54) is 10.8 Å². The third kappa shape index (κ3) is 6.12. The van der Waals surface area contributed by atoms with Gasteiger partial charge in [-0.15, -0.1) is 0 Å². The number of aromatic nitrogens is 2. The Bertz CT molecular complexity index is 653. The molecule has 0 N–H and O–H groups in total. The van der Waals surface area contributed by atoms with Crippen LogP contribution >= 0.6 is 26.9 Å². The fourth-order valence-corrected chi connectivity index (χ4v) is 2.03. The first-order chi connectivity index (χ1) is 11.3. The van der Waals surface area contributed by atoms with Crippen molar-refractivity contribution in [2.24, 2.45) is 0 Å². The summed E-state index contributed by atoms with van der Waals surface area (Å²) in [6.45, 7) is 0. The molecule has 2 nitrogen and oxygen atoms in total. The van der Waals surface area contributed by atoms with Crippen LogP contribution in [0, 0.1) is 0 Å². The van der Waals surface area contributed by atoms with Crippen LogP contribution in [-0.4, -0.2) is 9.97 Å². The molecule has 0 amide bonds. The van der Waals surface area contributed by atoms with E-state index in [0.717, 1.165) is 11.0 Å². The van der Waals surface area contributed by atoms with E-state index in [1.54, 1.807) is 0 Å². The molecule has 23 heavy (non-hydrogen) atoms. The number of nitrogens with zero attached hydrogens (tertiary/aromatic N) is 2. The van der Waals surface area contributed by atoms with Crippen LogP contribution in [0.1, 0.15) is 0 Å². The van der Waals surface area contributed by atoms with Gasteiger partial charge in [-0.3, -0.25) is 9.97 Å². The fraction of sp³-hybridized carbons (Fsp3) is 0. The summed E-state index contributed by atoms with van der Waals surface area (Å²) in [6, 6.07) is 24.2. The molecule has 0 radical (unpaired) electrons. The summed E-state index contributed by atoms with van der Waals surface area (Å²) in [4.78, 5) is 8.36. The number of pyridine rings is 2. The van der Waals surface area contributed by atoms with Gasteiger partial charge in [0.1, 0.15) is 0 Å². The smallest absolute Gasteiger partial charge is 0.0701 e. The molecule has 120 valence electrons. The Morgan fingerprint density at radius 2 is 0.913 bits per heavy atom. The van der Waals surface area contributed by atoms with Crippen molar-refractivity contribution in [1.82, 2.24) is 9.97 Å². The van der Waals surface area contributed by atoms with E-state index in [0.29, 0.717) is 13.9 Å². The van der Waals surface area contributed by atoms with Gasteiger partial charge < -0.3 is 0 Å². The molecule has 0 aliphatic carbocycles. The van der Waals surface area contributed by atoms with Crippen molar-refractivity contribution in [2.75, 3.05) is 0 Å². The van der Waals surface area contributed by atoms with Crippen LogP contribution < -0.4 is 0 Å². The van der Waals surface area contributed by atoms with Crippen molar-refractivity contribution in [2.45, 2.75) is 0 Å². The molecule has 0 spiro atoms. The van der Waals surface area contributed by atoms with Crippen molar-refractivity contribution >= 4 is 48.7 Å². The molecule has 0 saturated carbocycles. The van der Waals surface area contributed by atoms with E-state index in [9.17, 15) is 0 Å². The quantitative estimate of drug-likeness (QED) is 0.258. The summed E-state index contributed by atoms with van der Waals surface area (Å²) in [5, 5.41) is 2.40. The van der Waals surface area contributed by atoms with Crippen molar-refractivity contribution in [3.63, 3.8) is 0 Å². The standard InChI is InChI=1S/2C9H7N.2BrH.Pd/c2*1-2-6-9-8(4-1)5-3-7-10-9;;;/h2*1-7H;2*1H;/q;;;;+2/p-2.